The van der Waals surface area contributed by atoms with Crippen molar-refractivity contribution < 1.29 is 19.1 Å². The van der Waals surface area contributed by atoms with Gasteiger partial charge < -0.3 is 25.1 Å². The molecule has 0 aliphatic rings. The fraction of sp³-hybridized carbons (Fsp3) is 0.290. The molecule has 8 heteroatoms. The number of benzene rings is 3. The first-order chi connectivity index (χ1) is 18.9. The van der Waals surface area contributed by atoms with E-state index in [9.17, 15) is 9.59 Å². The number of methoxy groups -OCH3 is 1. The van der Waals surface area contributed by atoms with Gasteiger partial charge in [-0.2, -0.15) is 11.8 Å². The summed E-state index contributed by atoms with van der Waals surface area (Å²) in [7, 11) is 3.34. The monoisotopic (exact) mass is 545 g/mol. The number of thioether (sulfide) groups is 1. The summed E-state index contributed by atoms with van der Waals surface area (Å²) in [4.78, 5) is 30.3. The lowest BCUT2D eigenvalue weighted by atomic mass is 10.0. The Kier molecular flexibility index (Phi) is 9.68. The van der Waals surface area contributed by atoms with E-state index < -0.39 is 6.04 Å². The van der Waals surface area contributed by atoms with Crippen molar-refractivity contribution in [2.45, 2.75) is 37.3 Å². The van der Waals surface area contributed by atoms with Gasteiger partial charge in [0.1, 0.15) is 5.75 Å². The van der Waals surface area contributed by atoms with Gasteiger partial charge in [-0.3, -0.25) is 9.59 Å². The number of esters is 1. The predicted octanol–water partition coefficient (Wildman–Crippen LogP) is 5.25. The van der Waals surface area contributed by atoms with Gasteiger partial charge in [-0.05, 0) is 60.4 Å². The van der Waals surface area contributed by atoms with Crippen LogP contribution in [0.5, 0.6) is 5.75 Å². The van der Waals surface area contributed by atoms with Crippen molar-refractivity contribution in [2.75, 3.05) is 25.7 Å². The number of aromatic amines is 1. The van der Waals surface area contributed by atoms with Gasteiger partial charge in [-0.1, -0.05) is 42.5 Å². The standard InChI is InChI=1S/C31H35N3O4S/c1-4-38-30(35)18-26-25-10-5-6-11-28(25)33-29(26)20-39-19-22-9-7-8-21(16-22)17-27(32)31(36)34(2)23-12-14-24(37-3)15-13-23/h5-16,27,33H,4,17-20,32H2,1-3H3/t27-/m0/s1. The minimum absolute atomic E-state index is 0.145. The Hall–Kier alpha value is -3.75. The van der Waals surface area contributed by atoms with Crippen molar-refractivity contribution in [3.05, 3.63) is 95.2 Å². The van der Waals surface area contributed by atoms with Crippen LogP contribution in [0.1, 0.15) is 29.3 Å². The van der Waals surface area contributed by atoms with Gasteiger partial charge in [0.25, 0.3) is 0 Å². The maximum atomic E-state index is 13.0. The van der Waals surface area contributed by atoms with Crippen LogP contribution < -0.4 is 15.4 Å². The molecule has 204 valence electrons. The van der Waals surface area contributed by atoms with Gasteiger partial charge in [-0.15, -0.1) is 0 Å². The van der Waals surface area contributed by atoms with E-state index in [0.29, 0.717) is 13.0 Å². The first kappa shape index (κ1) is 28.3. The van der Waals surface area contributed by atoms with E-state index in [2.05, 4.69) is 17.1 Å². The molecule has 0 saturated heterocycles. The highest BCUT2D eigenvalue weighted by molar-refractivity contribution is 7.97. The molecule has 1 amide bonds. The van der Waals surface area contributed by atoms with Crippen LogP contribution in [0, 0.1) is 0 Å². The number of nitrogens with two attached hydrogens (primary N) is 1. The zero-order valence-corrected chi connectivity index (χ0v) is 23.4. The number of anilines is 1. The second-order valence-corrected chi connectivity index (χ2v) is 10.3. The van der Waals surface area contributed by atoms with Crippen LogP contribution in [-0.4, -0.2) is 43.7 Å². The van der Waals surface area contributed by atoms with Crippen LogP contribution >= 0.6 is 11.8 Å². The quantitative estimate of drug-likeness (QED) is 0.236. The van der Waals surface area contributed by atoms with E-state index >= 15 is 0 Å². The van der Waals surface area contributed by atoms with Gasteiger partial charge in [0.15, 0.2) is 0 Å². The first-order valence-electron chi connectivity index (χ1n) is 13.0. The number of para-hydroxylation sites is 1. The van der Waals surface area contributed by atoms with Crippen molar-refractivity contribution in [2.24, 2.45) is 5.73 Å². The lowest BCUT2D eigenvalue weighted by molar-refractivity contribution is -0.142. The molecule has 7 nitrogen and oxygen atoms in total. The Labute approximate surface area is 233 Å². The number of hydrogen-bond acceptors (Lipinski definition) is 6. The molecule has 0 unspecified atom stereocenters. The number of carbonyl (C=O) groups is 2. The second kappa shape index (κ2) is 13.4. The third kappa shape index (κ3) is 7.22. The number of likely N-dealkylation sites (N-methyl/N-ethyl adjacent to an activating group) is 1. The maximum Gasteiger partial charge on any atom is 0.310 e. The van der Waals surface area contributed by atoms with Crippen LogP contribution in [0.25, 0.3) is 10.9 Å². The average molecular weight is 546 g/mol. The fourth-order valence-electron chi connectivity index (χ4n) is 4.58. The van der Waals surface area contributed by atoms with Crippen molar-refractivity contribution >= 4 is 40.2 Å². The minimum Gasteiger partial charge on any atom is -0.497 e. The molecule has 0 aliphatic carbocycles. The third-order valence-corrected chi connectivity index (χ3v) is 7.63. The molecule has 4 rings (SSSR count). The topological polar surface area (TPSA) is 97.7 Å². The summed E-state index contributed by atoms with van der Waals surface area (Å²) in [6.45, 7) is 2.19. The minimum atomic E-state index is -0.656. The highest BCUT2D eigenvalue weighted by atomic mass is 32.2. The van der Waals surface area contributed by atoms with E-state index in [0.717, 1.165) is 56.2 Å². The Morgan fingerprint density at radius 1 is 1.00 bits per heavy atom. The number of hydrogen-bond donors (Lipinski definition) is 2. The molecular weight excluding hydrogens is 510 g/mol. The molecule has 0 fully saturated rings. The Morgan fingerprint density at radius 2 is 1.74 bits per heavy atom. The molecule has 0 spiro atoms. The molecule has 0 aliphatic heterocycles. The normalized spacial score (nSPS) is 11.8. The van der Waals surface area contributed by atoms with Crippen LogP contribution in [0.15, 0.2) is 72.8 Å². The average Bonchev–Trinajstić information content (AvgIpc) is 3.29. The number of nitrogens with zero attached hydrogens (tertiary/aromatic N) is 1. The van der Waals surface area contributed by atoms with Crippen molar-refractivity contribution in [1.29, 1.82) is 0 Å². The third-order valence-electron chi connectivity index (χ3n) is 6.60. The summed E-state index contributed by atoms with van der Waals surface area (Å²) in [5.41, 5.74) is 12.3. The zero-order valence-electron chi connectivity index (χ0n) is 22.6. The van der Waals surface area contributed by atoms with Crippen molar-refractivity contribution in [3.63, 3.8) is 0 Å². The summed E-state index contributed by atoms with van der Waals surface area (Å²) in [5.74, 6) is 1.89. The summed E-state index contributed by atoms with van der Waals surface area (Å²) in [6.07, 6.45) is 0.698. The summed E-state index contributed by atoms with van der Waals surface area (Å²) in [6, 6.07) is 22.9. The van der Waals surface area contributed by atoms with Crippen LogP contribution in [0.3, 0.4) is 0 Å². The molecule has 1 aromatic heterocycles. The number of nitrogens with one attached hydrogen (secondary N) is 1. The van der Waals surface area contributed by atoms with Gasteiger partial charge in [0.2, 0.25) is 5.91 Å². The van der Waals surface area contributed by atoms with Crippen molar-refractivity contribution in [3.8, 4) is 5.75 Å². The van der Waals surface area contributed by atoms with Gasteiger partial charge in [0.05, 0.1) is 26.2 Å². The number of rotatable bonds is 12. The highest BCUT2D eigenvalue weighted by Crippen LogP contribution is 2.28. The number of aromatic nitrogens is 1. The predicted molar refractivity (Wildman–Crippen MR) is 158 cm³/mol. The lowest BCUT2D eigenvalue weighted by Gasteiger charge is -2.22. The van der Waals surface area contributed by atoms with Gasteiger partial charge in [-0.25, -0.2) is 0 Å². The maximum absolute atomic E-state index is 13.0. The molecule has 3 aromatic carbocycles. The Morgan fingerprint density at radius 3 is 2.49 bits per heavy atom. The molecule has 39 heavy (non-hydrogen) atoms. The van der Waals surface area contributed by atoms with Gasteiger partial charge in [0, 0.05) is 40.8 Å². The zero-order chi connectivity index (χ0) is 27.8. The second-order valence-electron chi connectivity index (χ2n) is 9.33. The number of ether oxygens (including phenoxy) is 2. The number of H-pyrrole nitrogens is 1. The molecule has 1 heterocycles. The van der Waals surface area contributed by atoms with E-state index in [1.54, 1.807) is 30.8 Å². The van der Waals surface area contributed by atoms with E-state index in [-0.39, 0.29) is 18.3 Å². The van der Waals surface area contributed by atoms with Crippen LogP contribution in [0.4, 0.5) is 5.69 Å². The molecule has 0 radical (unpaired) electrons. The smallest absolute Gasteiger partial charge is 0.310 e. The number of amides is 1. The molecule has 0 bridgehead atoms. The molecule has 1 atom stereocenters. The van der Waals surface area contributed by atoms with E-state index in [4.69, 9.17) is 15.2 Å². The fourth-order valence-corrected chi connectivity index (χ4v) is 5.55. The van der Waals surface area contributed by atoms with Gasteiger partial charge >= 0.3 is 5.97 Å². The molecule has 4 aromatic rings. The highest BCUT2D eigenvalue weighted by Gasteiger charge is 2.20. The Balaban J connectivity index is 1.37. The Bertz CT molecular complexity index is 1420. The number of fused-ring (bicyclic) bond motifs is 1. The molecule has 3 N–H and O–H groups in total. The molecular formula is C31H35N3O4S. The largest absolute Gasteiger partial charge is 0.497 e. The summed E-state index contributed by atoms with van der Waals surface area (Å²) in [5, 5.41) is 1.06. The first-order valence-corrected chi connectivity index (χ1v) is 14.1. The number of carbonyl (C=O) groups excluding carboxylic acids is 2. The van der Waals surface area contributed by atoms with Crippen molar-refractivity contribution in [1.82, 2.24) is 4.98 Å². The summed E-state index contributed by atoms with van der Waals surface area (Å²) >= 11 is 1.77. The van der Waals surface area contributed by atoms with E-state index in [1.807, 2.05) is 67.6 Å². The van der Waals surface area contributed by atoms with E-state index in [1.165, 1.54) is 0 Å². The summed E-state index contributed by atoms with van der Waals surface area (Å²) < 4.78 is 10.4. The lowest BCUT2D eigenvalue weighted by Crippen LogP contribution is -2.43. The molecule has 0 saturated carbocycles. The SMILES string of the molecule is CCOC(=O)Cc1c(CSCc2cccc(C[C@H](N)C(=O)N(C)c3ccc(OC)cc3)c2)[nH]c2ccccc12. The van der Waals surface area contributed by atoms with Crippen LogP contribution in [0.2, 0.25) is 0 Å². The van der Waals surface area contributed by atoms with Crippen LogP contribution in [-0.2, 0) is 38.7 Å².